The number of fused-ring (bicyclic) bond motifs is 1. The molecule has 0 amide bonds. The quantitative estimate of drug-likeness (QED) is 0.854. The summed E-state index contributed by atoms with van der Waals surface area (Å²) in [6.45, 7) is 3.41. The van der Waals surface area contributed by atoms with E-state index in [2.05, 4.69) is 0 Å². The second kappa shape index (κ2) is 6.00. The Bertz CT molecular complexity index is 507. The second-order valence-electron chi connectivity index (χ2n) is 4.28. The van der Waals surface area contributed by atoms with E-state index in [9.17, 15) is 0 Å². The van der Waals surface area contributed by atoms with Gasteiger partial charge in [0.05, 0.1) is 12.7 Å². The third kappa shape index (κ3) is 2.72. The Kier molecular flexibility index (Phi) is 4.36. The molecule has 98 valence electrons. The minimum Gasteiger partial charge on any atom is -0.458 e. The van der Waals surface area contributed by atoms with Gasteiger partial charge in [0.15, 0.2) is 0 Å². The molecule has 0 aliphatic heterocycles. The maximum absolute atomic E-state index is 5.79. The van der Waals surface area contributed by atoms with E-state index in [0.29, 0.717) is 19.8 Å². The van der Waals surface area contributed by atoms with Gasteiger partial charge in [-0.1, -0.05) is 18.2 Å². The van der Waals surface area contributed by atoms with Gasteiger partial charge in [-0.3, -0.25) is 0 Å². The second-order valence-corrected chi connectivity index (χ2v) is 4.28. The largest absolute Gasteiger partial charge is 0.458 e. The van der Waals surface area contributed by atoms with Crippen LogP contribution in [0.25, 0.3) is 11.0 Å². The molecule has 2 aromatic rings. The lowest BCUT2D eigenvalue weighted by atomic mass is 10.1. The van der Waals surface area contributed by atoms with E-state index in [0.717, 1.165) is 22.3 Å². The topological polar surface area (TPSA) is 57.6 Å². The molecule has 0 bridgehead atoms. The molecule has 4 nitrogen and oxygen atoms in total. The first-order chi connectivity index (χ1) is 8.76. The van der Waals surface area contributed by atoms with Gasteiger partial charge in [-0.2, -0.15) is 0 Å². The van der Waals surface area contributed by atoms with Crippen LogP contribution in [-0.2, 0) is 22.6 Å². The number of hydrogen-bond donors (Lipinski definition) is 1. The number of benzene rings is 1. The van der Waals surface area contributed by atoms with Gasteiger partial charge in [0, 0.05) is 24.6 Å². The molecule has 1 heterocycles. The standard InChI is InChI=1S/C14H19NO3/c1-10(8-16-2)17-9-14-12(7-15)11-5-3-4-6-13(11)18-14/h3-6,10H,7-9,15H2,1-2H3. The molecule has 0 saturated carbocycles. The van der Waals surface area contributed by atoms with Crippen LogP contribution in [0.3, 0.4) is 0 Å². The highest BCUT2D eigenvalue weighted by molar-refractivity contribution is 5.82. The zero-order valence-electron chi connectivity index (χ0n) is 10.8. The molecule has 1 unspecified atom stereocenters. The fourth-order valence-corrected chi connectivity index (χ4v) is 1.99. The van der Waals surface area contributed by atoms with Crippen LogP contribution < -0.4 is 5.73 Å². The Morgan fingerprint density at radius 3 is 2.83 bits per heavy atom. The van der Waals surface area contributed by atoms with Crippen LogP contribution >= 0.6 is 0 Å². The van der Waals surface area contributed by atoms with Crippen molar-refractivity contribution in [2.75, 3.05) is 13.7 Å². The molecule has 18 heavy (non-hydrogen) atoms. The van der Waals surface area contributed by atoms with Crippen molar-refractivity contribution in [1.82, 2.24) is 0 Å². The van der Waals surface area contributed by atoms with Crippen molar-refractivity contribution in [1.29, 1.82) is 0 Å². The summed E-state index contributed by atoms with van der Waals surface area (Å²) in [6.07, 6.45) is 0.0360. The van der Waals surface area contributed by atoms with Crippen molar-refractivity contribution < 1.29 is 13.9 Å². The first kappa shape index (κ1) is 13.1. The Balaban J connectivity index is 2.17. The number of para-hydroxylation sites is 1. The van der Waals surface area contributed by atoms with Gasteiger partial charge in [0.2, 0.25) is 0 Å². The van der Waals surface area contributed by atoms with E-state index in [-0.39, 0.29) is 6.10 Å². The zero-order valence-corrected chi connectivity index (χ0v) is 10.8. The lowest BCUT2D eigenvalue weighted by molar-refractivity contribution is -0.00624. The summed E-state index contributed by atoms with van der Waals surface area (Å²) in [6, 6.07) is 7.89. The van der Waals surface area contributed by atoms with E-state index < -0.39 is 0 Å². The minimum absolute atomic E-state index is 0.0360. The number of hydrogen-bond acceptors (Lipinski definition) is 4. The van der Waals surface area contributed by atoms with Crippen LogP contribution in [0.15, 0.2) is 28.7 Å². The fraction of sp³-hybridized carbons (Fsp3) is 0.429. The van der Waals surface area contributed by atoms with Crippen molar-refractivity contribution in [2.45, 2.75) is 26.2 Å². The van der Waals surface area contributed by atoms with Gasteiger partial charge in [0.1, 0.15) is 18.0 Å². The van der Waals surface area contributed by atoms with Gasteiger partial charge < -0.3 is 19.6 Å². The lowest BCUT2D eigenvalue weighted by Gasteiger charge is -2.11. The van der Waals surface area contributed by atoms with Crippen LogP contribution in [0.4, 0.5) is 0 Å². The highest BCUT2D eigenvalue weighted by Gasteiger charge is 2.13. The fourth-order valence-electron chi connectivity index (χ4n) is 1.99. The van der Waals surface area contributed by atoms with Gasteiger partial charge in [-0.15, -0.1) is 0 Å². The molecule has 1 atom stereocenters. The van der Waals surface area contributed by atoms with E-state index in [1.807, 2.05) is 31.2 Å². The molecule has 0 spiro atoms. The van der Waals surface area contributed by atoms with Gasteiger partial charge in [-0.05, 0) is 13.0 Å². The van der Waals surface area contributed by atoms with Crippen LogP contribution in [0.1, 0.15) is 18.2 Å². The summed E-state index contributed by atoms with van der Waals surface area (Å²) in [5.74, 6) is 0.807. The molecule has 1 aromatic carbocycles. The number of nitrogens with two attached hydrogens (primary N) is 1. The number of ether oxygens (including phenoxy) is 2. The number of rotatable bonds is 6. The third-order valence-electron chi connectivity index (χ3n) is 2.89. The van der Waals surface area contributed by atoms with E-state index in [4.69, 9.17) is 19.6 Å². The SMILES string of the molecule is COCC(C)OCc1oc2ccccc2c1CN. The number of furan rings is 1. The van der Waals surface area contributed by atoms with Crippen molar-refractivity contribution in [3.63, 3.8) is 0 Å². The zero-order chi connectivity index (χ0) is 13.0. The molecule has 4 heteroatoms. The van der Waals surface area contributed by atoms with Crippen LogP contribution in [0, 0.1) is 0 Å². The van der Waals surface area contributed by atoms with Gasteiger partial charge in [0.25, 0.3) is 0 Å². The molecular weight excluding hydrogens is 230 g/mol. The van der Waals surface area contributed by atoms with Crippen molar-refractivity contribution in [3.05, 3.63) is 35.6 Å². The minimum atomic E-state index is 0.0360. The smallest absolute Gasteiger partial charge is 0.135 e. The van der Waals surface area contributed by atoms with Crippen LogP contribution in [0.5, 0.6) is 0 Å². The molecule has 0 saturated heterocycles. The molecule has 2 rings (SSSR count). The summed E-state index contributed by atoms with van der Waals surface area (Å²) >= 11 is 0. The predicted octanol–water partition coefficient (Wildman–Crippen LogP) is 2.44. The van der Waals surface area contributed by atoms with Crippen molar-refractivity contribution >= 4 is 11.0 Å². The van der Waals surface area contributed by atoms with E-state index in [1.54, 1.807) is 7.11 Å². The van der Waals surface area contributed by atoms with Crippen molar-refractivity contribution in [2.24, 2.45) is 5.73 Å². The monoisotopic (exact) mass is 249 g/mol. The maximum atomic E-state index is 5.79. The molecule has 0 aliphatic rings. The van der Waals surface area contributed by atoms with E-state index >= 15 is 0 Å². The molecule has 1 aromatic heterocycles. The Hall–Kier alpha value is -1.36. The highest BCUT2D eigenvalue weighted by atomic mass is 16.5. The molecule has 2 N–H and O–H groups in total. The highest BCUT2D eigenvalue weighted by Crippen LogP contribution is 2.26. The van der Waals surface area contributed by atoms with Crippen LogP contribution in [-0.4, -0.2) is 19.8 Å². The first-order valence-electron chi connectivity index (χ1n) is 6.06. The average Bonchev–Trinajstić information content (AvgIpc) is 2.74. The maximum Gasteiger partial charge on any atom is 0.135 e. The molecular formula is C14H19NO3. The molecule has 0 fully saturated rings. The summed E-state index contributed by atoms with van der Waals surface area (Å²) < 4.78 is 16.5. The summed E-state index contributed by atoms with van der Waals surface area (Å²) in [5, 5.41) is 1.07. The first-order valence-corrected chi connectivity index (χ1v) is 6.06. The predicted molar refractivity (Wildman–Crippen MR) is 70.2 cm³/mol. The summed E-state index contributed by atoms with van der Waals surface area (Å²) in [4.78, 5) is 0. The Labute approximate surface area is 107 Å². The van der Waals surface area contributed by atoms with Gasteiger partial charge >= 0.3 is 0 Å². The normalized spacial score (nSPS) is 13.1. The number of methoxy groups -OCH3 is 1. The molecule has 0 aliphatic carbocycles. The van der Waals surface area contributed by atoms with E-state index in [1.165, 1.54) is 0 Å². The molecule has 0 radical (unpaired) electrons. The Morgan fingerprint density at radius 2 is 2.11 bits per heavy atom. The van der Waals surface area contributed by atoms with Crippen molar-refractivity contribution in [3.8, 4) is 0 Å². The van der Waals surface area contributed by atoms with Crippen LogP contribution in [0.2, 0.25) is 0 Å². The lowest BCUT2D eigenvalue weighted by Crippen LogP contribution is -2.15. The van der Waals surface area contributed by atoms with Gasteiger partial charge in [-0.25, -0.2) is 0 Å². The third-order valence-corrected chi connectivity index (χ3v) is 2.89. The Morgan fingerprint density at radius 1 is 1.33 bits per heavy atom. The average molecular weight is 249 g/mol. The summed E-state index contributed by atoms with van der Waals surface area (Å²) in [5.41, 5.74) is 7.67. The summed E-state index contributed by atoms with van der Waals surface area (Å²) in [7, 11) is 1.66.